The minimum atomic E-state index is -0.866. The van der Waals surface area contributed by atoms with Crippen LogP contribution in [0, 0.1) is 5.82 Å². The molecule has 0 saturated carbocycles. The van der Waals surface area contributed by atoms with E-state index in [0.29, 0.717) is 41.8 Å². The van der Waals surface area contributed by atoms with Crippen LogP contribution >= 0.6 is 11.8 Å². The van der Waals surface area contributed by atoms with Gasteiger partial charge in [-0.25, -0.2) is 8.78 Å². The Morgan fingerprint density at radius 3 is 2.81 bits per heavy atom. The van der Waals surface area contributed by atoms with Crippen LogP contribution in [0.15, 0.2) is 36.5 Å². The number of pyridine rings is 1. The molecule has 0 aliphatic carbocycles. The summed E-state index contributed by atoms with van der Waals surface area (Å²) in [5.41, 5.74) is 1.51. The summed E-state index contributed by atoms with van der Waals surface area (Å²) in [6.07, 6.45) is 6.02. The van der Waals surface area contributed by atoms with Gasteiger partial charge >= 0.3 is 6.01 Å². The van der Waals surface area contributed by atoms with E-state index in [1.807, 2.05) is 30.0 Å². The normalized spacial score (nSPS) is 27.0. The molecule has 1 N–H and O–H groups in total. The topological polar surface area (TPSA) is 74.6 Å². The molecule has 7 nitrogen and oxygen atoms in total. The molecule has 4 fully saturated rings. The molecule has 2 unspecified atom stereocenters. The highest BCUT2D eigenvalue weighted by atomic mass is 32.2. The van der Waals surface area contributed by atoms with E-state index in [9.17, 15) is 9.50 Å². The first kappa shape index (κ1) is 27.3. The Kier molecular flexibility index (Phi) is 6.63. The second-order valence-corrected chi connectivity index (χ2v) is 13.6. The number of hydrogen-bond donors (Lipinski definition) is 1. The molecular weight excluding hydrogens is 568 g/mol. The van der Waals surface area contributed by atoms with Gasteiger partial charge in [0.25, 0.3) is 0 Å². The van der Waals surface area contributed by atoms with Crippen LogP contribution in [0.1, 0.15) is 44.6 Å². The van der Waals surface area contributed by atoms with Crippen molar-refractivity contribution < 1.29 is 18.6 Å². The lowest BCUT2D eigenvalue weighted by Crippen LogP contribution is -2.44. The van der Waals surface area contributed by atoms with Crippen molar-refractivity contribution in [1.82, 2.24) is 19.9 Å². The average Bonchev–Trinajstić information content (AvgIpc) is 3.61. The van der Waals surface area contributed by atoms with Crippen LogP contribution in [0.4, 0.5) is 14.6 Å². The number of phenols is 1. The fourth-order valence-electron chi connectivity index (χ4n) is 8.06. The number of alkyl halides is 1. The third kappa shape index (κ3) is 4.43. The fraction of sp³-hybridized carbons (Fsp3) is 0.485. The van der Waals surface area contributed by atoms with Gasteiger partial charge in [-0.1, -0.05) is 25.1 Å². The van der Waals surface area contributed by atoms with E-state index < -0.39 is 12.0 Å². The van der Waals surface area contributed by atoms with Crippen molar-refractivity contribution in [1.29, 1.82) is 0 Å². The van der Waals surface area contributed by atoms with Crippen LogP contribution in [-0.4, -0.2) is 80.0 Å². The summed E-state index contributed by atoms with van der Waals surface area (Å²) < 4.78 is 37.6. The highest BCUT2D eigenvalue weighted by Gasteiger charge is 2.49. The number of aromatic hydroxyl groups is 1. The molecule has 4 aliphatic heterocycles. The molecular formula is C33H35F2N5O2S. The monoisotopic (exact) mass is 603 g/mol. The van der Waals surface area contributed by atoms with Crippen molar-refractivity contribution in [2.45, 2.75) is 69.2 Å². The molecule has 2 bridgehead atoms. The minimum Gasteiger partial charge on any atom is -0.508 e. The Bertz CT molecular complexity index is 1720. The van der Waals surface area contributed by atoms with Crippen LogP contribution in [0.2, 0.25) is 0 Å². The molecule has 4 atom stereocenters. The predicted octanol–water partition coefficient (Wildman–Crippen LogP) is 6.29. The van der Waals surface area contributed by atoms with E-state index in [1.54, 1.807) is 18.3 Å². The van der Waals surface area contributed by atoms with Crippen LogP contribution in [0.3, 0.4) is 0 Å². The maximum absolute atomic E-state index is 16.8. The predicted molar refractivity (Wildman–Crippen MR) is 166 cm³/mol. The highest BCUT2D eigenvalue weighted by molar-refractivity contribution is 7.99. The number of aryl methyl sites for hydroxylation is 1. The first-order valence-corrected chi connectivity index (χ1v) is 16.6. The van der Waals surface area contributed by atoms with Gasteiger partial charge in [0.15, 0.2) is 5.82 Å². The van der Waals surface area contributed by atoms with Gasteiger partial charge in [0.05, 0.1) is 10.9 Å². The van der Waals surface area contributed by atoms with Gasteiger partial charge in [0.2, 0.25) is 0 Å². The van der Waals surface area contributed by atoms with Gasteiger partial charge in [0.1, 0.15) is 35.6 Å². The molecule has 224 valence electrons. The van der Waals surface area contributed by atoms with Crippen molar-refractivity contribution >= 4 is 39.3 Å². The molecule has 0 amide bonds. The zero-order chi connectivity index (χ0) is 29.3. The molecule has 4 aromatic rings. The largest absolute Gasteiger partial charge is 0.508 e. The summed E-state index contributed by atoms with van der Waals surface area (Å²) in [5.74, 6) is 2.15. The van der Waals surface area contributed by atoms with Gasteiger partial charge in [-0.15, -0.1) is 0 Å². The number of phenolic OH excluding ortho intramolecular Hbond substituents is 1. The van der Waals surface area contributed by atoms with E-state index in [1.165, 1.54) is 0 Å². The number of fused-ring (bicyclic) bond motifs is 5. The summed E-state index contributed by atoms with van der Waals surface area (Å²) in [6, 6.07) is 9.92. The fourth-order valence-corrected chi connectivity index (χ4v) is 9.40. The zero-order valence-electron chi connectivity index (χ0n) is 24.2. The van der Waals surface area contributed by atoms with Gasteiger partial charge in [-0.3, -0.25) is 9.88 Å². The molecule has 4 aliphatic rings. The Morgan fingerprint density at radius 2 is 2.00 bits per heavy atom. The lowest BCUT2D eigenvalue weighted by atomic mass is 9.95. The molecule has 10 heteroatoms. The molecule has 6 heterocycles. The van der Waals surface area contributed by atoms with Gasteiger partial charge in [-0.2, -0.15) is 21.7 Å². The van der Waals surface area contributed by atoms with E-state index in [4.69, 9.17) is 9.72 Å². The second kappa shape index (κ2) is 10.4. The molecule has 2 aromatic carbocycles. The summed E-state index contributed by atoms with van der Waals surface area (Å²) in [7, 11) is 0. The summed E-state index contributed by atoms with van der Waals surface area (Å²) in [5, 5.41) is 12.8. The van der Waals surface area contributed by atoms with E-state index >= 15 is 4.39 Å². The number of nitrogens with zero attached hydrogens (tertiary/aromatic N) is 5. The zero-order valence-corrected chi connectivity index (χ0v) is 25.0. The van der Waals surface area contributed by atoms with Crippen LogP contribution in [0.25, 0.3) is 32.9 Å². The lowest BCUT2D eigenvalue weighted by molar-refractivity contribution is 0.107. The number of hydrogen-bond acceptors (Lipinski definition) is 8. The number of ether oxygens (including phenoxy) is 1. The van der Waals surface area contributed by atoms with E-state index in [2.05, 4.69) is 26.7 Å². The van der Waals surface area contributed by atoms with E-state index in [-0.39, 0.29) is 35.1 Å². The second-order valence-electron chi connectivity index (χ2n) is 12.6. The smallest absolute Gasteiger partial charge is 0.319 e. The SMILES string of the molecule is CCc1cccc2cc(O)cc(-c3ncc4c(N5C6CCC5CSC6)nc(OC[C@@]56CCCN5C[C@H](F)C6)nc4c3F)c12. The number of rotatable bonds is 6. The van der Waals surface area contributed by atoms with Crippen molar-refractivity contribution in [3.05, 3.63) is 47.9 Å². The standard InChI is InChI=1S/C33H35F2N5O2S/c1-2-19-5-3-6-20-11-24(41)12-25(27(19)20)29-28(35)30-26(14-36-29)31(40-22-7-8-23(40)17-43-16-22)38-32(37-30)42-18-33-9-4-10-39(33)15-21(34)13-33/h3,5-6,11-12,14,21-23,41H,2,4,7-10,13,15-18H2,1H3/t21-,22?,23?,33+/m1/s1. The number of benzene rings is 2. The summed E-state index contributed by atoms with van der Waals surface area (Å²) in [4.78, 5) is 18.8. The highest BCUT2D eigenvalue weighted by Crippen LogP contribution is 2.44. The van der Waals surface area contributed by atoms with Gasteiger partial charge < -0.3 is 14.7 Å². The van der Waals surface area contributed by atoms with Gasteiger partial charge in [-0.05, 0) is 67.1 Å². The van der Waals surface area contributed by atoms with Crippen LogP contribution in [0.5, 0.6) is 11.8 Å². The Hall–Kier alpha value is -3.24. The quantitative estimate of drug-likeness (QED) is 0.276. The van der Waals surface area contributed by atoms with Crippen LogP contribution in [-0.2, 0) is 6.42 Å². The Labute approximate surface area is 253 Å². The van der Waals surface area contributed by atoms with Crippen LogP contribution < -0.4 is 9.64 Å². The molecule has 4 saturated heterocycles. The Balaban J connectivity index is 1.28. The molecule has 0 radical (unpaired) electrons. The molecule has 8 rings (SSSR count). The van der Waals surface area contributed by atoms with Gasteiger partial charge in [0, 0.05) is 48.3 Å². The third-order valence-electron chi connectivity index (χ3n) is 10.0. The number of halogens is 2. The van der Waals surface area contributed by atoms with Crippen molar-refractivity contribution in [3.8, 4) is 23.0 Å². The number of anilines is 1. The molecule has 43 heavy (non-hydrogen) atoms. The number of aromatic nitrogens is 3. The first-order valence-electron chi connectivity index (χ1n) is 15.4. The van der Waals surface area contributed by atoms with Crippen molar-refractivity contribution in [3.63, 3.8) is 0 Å². The molecule has 2 aromatic heterocycles. The maximum Gasteiger partial charge on any atom is 0.319 e. The minimum absolute atomic E-state index is 0.0509. The van der Waals surface area contributed by atoms with Crippen molar-refractivity contribution in [2.24, 2.45) is 0 Å². The summed E-state index contributed by atoms with van der Waals surface area (Å²) >= 11 is 1.96. The average molecular weight is 604 g/mol. The van der Waals surface area contributed by atoms with Crippen molar-refractivity contribution in [2.75, 3.05) is 36.1 Å². The molecule has 0 spiro atoms. The first-order chi connectivity index (χ1) is 20.9. The number of thioether (sulfide) groups is 1. The van der Waals surface area contributed by atoms with E-state index in [0.717, 1.165) is 66.5 Å². The summed E-state index contributed by atoms with van der Waals surface area (Å²) in [6.45, 7) is 3.63. The maximum atomic E-state index is 16.8. The Morgan fingerprint density at radius 1 is 1.16 bits per heavy atom. The lowest BCUT2D eigenvalue weighted by Gasteiger charge is -2.36. The third-order valence-corrected chi connectivity index (χ3v) is 11.3.